The van der Waals surface area contributed by atoms with Gasteiger partial charge in [-0.25, -0.2) is 4.39 Å². The van der Waals surface area contributed by atoms with Gasteiger partial charge in [-0.2, -0.15) is 0 Å². The van der Waals surface area contributed by atoms with Crippen LogP contribution in [-0.2, 0) is 28.6 Å². The van der Waals surface area contributed by atoms with E-state index in [4.69, 9.17) is 8.22 Å². The van der Waals surface area contributed by atoms with Gasteiger partial charge in [-0.3, -0.25) is 4.79 Å². The molecule has 198 valence electrons. The van der Waals surface area contributed by atoms with E-state index in [0.29, 0.717) is 17.5 Å². The second-order valence-electron chi connectivity index (χ2n) is 9.95. The van der Waals surface area contributed by atoms with E-state index in [1.165, 1.54) is 10.6 Å². The second kappa shape index (κ2) is 8.77. The van der Waals surface area contributed by atoms with Crippen LogP contribution in [0.25, 0.3) is 10.9 Å². The summed E-state index contributed by atoms with van der Waals surface area (Å²) in [6, 6.07) is 7.18. The van der Waals surface area contributed by atoms with Gasteiger partial charge < -0.3 is 24.3 Å². The van der Waals surface area contributed by atoms with E-state index in [9.17, 15) is 23.8 Å². The van der Waals surface area contributed by atoms with E-state index in [2.05, 4.69) is 9.47 Å². The van der Waals surface area contributed by atoms with Crippen LogP contribution in [0.15, 0.2) is 36.4 Å². The number of nitrogens with zero attached hydrogens (tertiary/aromatic N) is 1. The Morgan fingerprint density at radius 1 is 1.22 bits per heavy atom. The predicted molar refractivity (Wildman–Crippen MR) is 131 cm³/mol. The number of hydrogen-bond donors (Lipinski definition) is 2. The number of hydrogen-bond acceptors (Lipinski definition) is 5. The van der Waals surface area contributed by atoms with Gasteiger partial charge in [0.1, 0.15) is 11.6 Å². The highest BCUT2D eigenvalue weighted by molar-refractivity contribution is 5.95. The number of carbonyl (C=O) groups excluding carboxylic acids is 1. The molecule has 6 nitrogen and oxygen atoms in total. The topological polar surface area (TPSA) is 80.9 Å². The third-order valence-electron chi connectivity index (χ3n) is 7.13. The van der Waals surface area contributed by atoms with E-state index in [1.54, 1.807) is 6.07 Å². The summed E-state index contributed by atoms with van der Waals surface area (Å²) in [5, 5.41) is 20.4. The molecule has 2 aromatic carbocycles. The summed E-state index contributed by atoms with van der Waals surface area (Å²) >= 11 is 0. The maximum Gasteiger partial charge on any atom is 0.586 e. The lowest BCUT2D eigenvalue weighted by molar-refractivity contribution is -0.286. The van der Waals surface area contributed by atoms with Crippen molar-refractivity contribution in [1.82, 2.24) is 4.57 Å². The van der Waals surface area contributed by atoms with Crippen LogP contribution in [0.4, 0.5) is 13.2 Å². The quantitative estimate of drug-likeness (QED) is 0.413. The zero-order valence-corrected chi connectivity index (χ0v) is 20.4. The van der Waals surface area contributed by atoms with Crippen LogP contribution in [0.2, 0.25) is 0 Å². The Hall–Kier alpha value is -3.04. The first kappa shape index (κ1) is 19.1. The summed E-state index contributed by atoms with van der Waals surface area (Å²) in [5.74, 6) is -2.79. The van der Waals surface area contributed by atoms with E-state index >= 15 is 4.39 Å². The third kappa shape index (κ3) is 4.48. The fourth-order valence-electron chi connectivity index (χ4n) is 4.61. The second-order valence-corrected chi connectivity index (χ2v) is 9.95. The maximum absolute atomic E-state index is 15.6. The Labute approximate surface area is 221 Å². The molecule has 1 saturated carbocycles. The van der Waals surface area contributed by atoms with Crippen LogP contribution in [0.5, 0.6) is 11.5 Å². The predicted octanol–water partition coefficient (Wildman–Crippen LogP) is 4.99. The van der Waals surface area contributed by atoms with Crippen molar-refractivity contribution in [1.29, 1.82) is 0 Å². The normalized spacial score (nSPS) is 23.8. The minimum absolute atomic E-state index is 0.182. The number of alkyl halides is 2. The van der Waals surface area contributed by atoms with Crippen LogP contribution >= 0.6 is 0 Å². The number of fused-ring (bicyclic) bond motifs is 2. The Balaban J connectivity index is 1.57. The van der Waals surface area contributed by atoms with Crippen molar-refractivity contribution in [2.75, 3.05) is 6.56 Å². The summed E-state index contributed by atoms with van der Waals surface area (Å²) in [4.78, 5) is 13.8. The van der Waals surface area contributed by atoms with Crippen molar-refractivity contribution in [3.63, 3.8) is 0 Å². The summed E-state index contributed by atoms with van der Waals surface area (Å²) in [6.07, 6.45) is -11.5. The number of benzene rings is 2. The molecule has 1 fully saturated rings. The number of aromatic nitrogens is 1. The fourth-order valence-corrected chi connectivity index (χ4v) is 4.61. The number of ether oxygens (including phenoxy) is 2. The molecule has 3 aromatic rings. The van der Waals surface area contributed by atoms with Gasteiger partial charge in [0, 0.05) is 28.4 Å². The molecule has 2 aliphatic rings. The Kier molecular flexibility index (Phi) is 4.52. The van der Waals surface area contributed by atoms with Crippen LogP contribution in [0.3, 0.4) is 0 Å². The van der Waals surface area contributed by atoms with Gasteiger partial charge in [-0.15, -0.1) is 8.78 Å². The molecule has 2 heterocycles. The number of ketones is 1. The van der Waals surface area contributed by atoms with Gasteiger partial charge in [0.25, 0.3) is 0 Å². The molecule has 0 bridgehead atoms. The molecule has 9 heteroatoms. The SMILES string of the molecule is [2H]C([2H])(O)[C@H](O)Cn1c(C(C)(C)CC)cc2cc(CC(=O)C3(c4ccc5c(c4)OC(F)(F)O5)C([2H])([2H])C3([2H])[2H])c(F)cc21. The molecule has 2 N–H and O–H groups in total. The molecule has 0 saturated heterocycles. The Morgan fingerprint density at radius 3 is 2.57 bits per heavy atom. The van der Waals surface area contributed by atoms with E-state index in [0.717, 1.165) is 24.3 Å². The number of aliphatic hydroxyl groups is 2. The number of Topliss-reactive ketones (excluding diaryl/α,β-unsaturated/α-hetero) is 1. The fraction of sp³-hybridized carbons (Fsp3) is 0.464. The molecule has 1 aromatic heterocycles. The van der Waals surface area contributed by atoms with Gasteiger partial charge in [-0.1, -0.05) is 26.8 Å². The zero-order valence-electron chi connectivity index (χ0n) is 26.4. The lowest BCUT2D eigenvalue weighted by Crippen LogP contribution is -2.26. The van der Waals surface area contributed by atoms with Gasteiger partial charge in [0.2, 0.25) is 0 Å². The molecule has 1 aliphatic carbocycles. The minimum atomic E-state index is -3.99. The first-order valence-electron chi connectivity index (χ1n) is 14.8. The van der Waals surface area contributed by atoms with Crippen molar-refractivity contribution < 1.29 is 45.9 Å². The lowest BCUT2D eigenvalue weighted by Gasteiger charge is -2.26. The maximum atomic E-state index is 15.6. The van der Waals surface area contributed by atoms with Crippen LogP contribution in [-0.4, -0.2) is 39.5 Å². The van der Waals surface area contributed by atoms with Crippen molar-refractivity contribution in [3.05, 3.63) is 59.0 Å². The zero-order chi connectivity index (χ0) is 32.1. The smallest absolute Gasteiger partial charge is 0.395 e. The number of rotatable bonds is 9. The molecule has 0 spiro atoms. The summed E-state index contributed by atoms with van der Waals surface area (Å²) in [7, 11) is 0. The van der Waals surface area contributed by atoms with E-state index in [1.807, 2.05) is 20.8 Å². The Morgan fingerprint density at radius 2 is 1.92 bits per heavy atom. The van der Waals surface area contributed by atoms with Crippen LogP contribution in [0.1, 0.15) is 65.0 Å². The molecule has 37 heavy (non-hydrogen) atoms. The van der Waals surface area contributed by atoms with E-state index < -0.39 is 72.8 Å². The lowest BCUT2D eigenvalue weighted by atomic mass is 9.86. The highest BCUT2D eigenvalue weighted by atomic mass is 19.3. The average molecular weight is 524 g/mol. The van der Waals surface area contributed by atoms with Crippen molar-refractivity contribution >= 4 is 16.7 Å². The number of carbonyl (C=O) groups is 1. The molecule has 1 aliphatic heterocycles. The number of halogens is 3. The minimum Gasteiger partial charge on any atom is -0.395 e. The van der Waals surface area contributed by atoms with Crippen LogP contribution < -0.4 is 9.47 Å². The van der Waals surface area contributed by atoms with Gasteiger partial charge >= 0.3 is 6.29 Å². The third-order valence-corrected chi connectivity index (χ3v) is 7.13. The molecular weight excluding hydrogens is 487 g/mol. The van der Waals surface area contributed by atoms with Gasteiger partial charge in [-0.05, 0) is 60.6 Å². The largest absolute Gasteiger partial charge is 0.586 e. The standard InChI is InChI=1S/C28H30F3NO5/c1-4-26(2,3)24-10-17-9-16(20(29)13-21(17)32(24)14-19(34)15-33)11-25(35)27(7-8-27)18-5-6-22-23(12-18)37-28(30,31)36-22/h5-6,9-10,12-13,19,33-34H,4,7-8,11,14-15H2,1-3H3/t19-/m1/s1/i7D2,8D2,15D2. The summed E-state index contributed by atoms with van der Waals surface area (Å²) < 4.78 is 102. The van der Waals surface area contributed by atoms with Crippen LogP contribution in [0, 0.1) is 5.82 Å². The van der Waals surface area contributed by atoms with Gasteiger partial charge in [0.15, 0.2) is 11.5 Å². The van der Waals surface area contributed by atoms with E-state index in [-0.39, 0.29) is 22.4 Å². The monoisotopic (exact) mass is 523 g/mol. The van der Waals surface area contributed by atoms with Crippen molar-refractivity contribution in [3.8, 4) is 11.5 Å². The highest BCUT2D eigenvalue weighted by Gasteiger charge is 2.52. The van der Waals surface area contributed by atoms with Gasteiger partial charge in [0.05, 0.1) is 32.9 Å². The highest BCUT2D eigenvalue weighted by Crippen LogP contribution is 2.52. The van der Waals surface area contributed by atoms with Crippen molar-refractivity contribution in [2.24, 2.45) is 0 Å². The molecular formula is C28H30F3NO5. The molecule has 0 unspecified atom stereocenters. The Bertz CT molecular complexity index is 1620. The summed E-state index contributed by atoms with van der Waals surface area (Å²) in [5.41, 5.74) is -2.60. The molecule has 0 amide bonds. The number of aliphatic hydroxyl groups excluding tert-OH is 1. The molecule has 1 atom stereocenters. The average Bonchev–Trinajstić information content (AvgIpc) is 3.17. The molecule has 5 rings (SSSR count). The summed E-state index contributed by atoms with van der Waals surface area (Å²) in [6.45, 7) is 2.34. The first-order chi connectivity index (χ1) is 19.6. The molecule has 0 radical (unpaired) electrons. The first-order valence-corrected chi connectivity index (χ1v) is 11.8. The van der Waals surface area contributed by atoms with Crippen molar-refractivity contribution in [2.45, 2.75) is 76.1 Å².